The monoisotopic (exact) mass is 364 g/mol. The normalized spacial score (nSPS) is 16.4. The maximum Gasteiger partial charge on any atom is 0.248 e. The summed E-state index contributed by atoms with van der Waals surface area (Å²) in [7, 11) is 0. The fourth-order valence-electron chi connectivity index (χ4n) is 4.71. The van der Waals surface area contributed by atoms with Crippen LogP contribution in [0.25, 0.3) is 6.08 Å². The molecular formula is C26H22NO. The van der Waals surface area contributed by atoms with Gasteiger partial charge in [0.15, 0.2) is 0 Å². The van der Waals surface area contributed by atoms with Crippen molar-refractivity contribution in [3.63, 3.8) is 0 Å². The molecule has 1 radical (unpaired) electrons. The van der Waals surface area contributed by atoms with Crippen molar-refractivity contribution in [1.82, 2.24) is 0 Å². The summed E-state index contributed by atoms with van der Waals surface area (Å²) in [5, 5.41) is 0. The van der Waals surface area contributed by atoms with Gasteiger partial charge in [-0.05, 0) is 59.2 Å². The lowest BCUT2D eigenvalue weighted by molar-refractivity contribution is 0.100. The predicted octanol–water partition coefficient (Wildman–Crippen LogP) is 4.76. The molecule has 2 heteroatoms. The van der Waals surface area contributed by atoms with E-state index in [4.69, 9.17) is 5.73 Å². The van der Waals surface area contributed by atoms with Gasteiger partial charge in [-0.15, -0.1) is 0 Å². The molecule has 0 aromatic heterocycles. The predicted molar refractivity (Wildman–Crippen MR) is 113 cm³/mol. The molecule has 0 saturated carbocycles. The first-order chi connectivity index (χ1) is 13.6. The van der Waals surface area contributed by atoms with E-state index < -0.39 is 0 Å². The fraction of sp³-hybridized carbons (Fsp3) is 0.154. The van der Waals surface area contributed by atoms with Crippen molar-refractivity contribution in [2.45, 2.75) is 19.3 Å². The highest BCUT2D eigenvalue weighted by Gasteiger charge is 2.41. The Morgan fingerprint density at radius 2 is 1.54 bits per heavy atom. The quantitative estimate of drug-likeness (QED) is 0.712. The number of hydrogen-bond acceptors (Lipinski definition) is 1. The lowest BCUT2D eigenvalue weighted by atomic mass is 9.72. The molecule has 3 aromatic rings. The second-order valence-corrected chi connectivity index (χ2v) is 7.96. The van der Waals surface area contributed by atoms with E-state index in [1.807, 2.05) is 24.3 Å². The van der Waals surface area contributed by atoms with E-state index >= 15 is 0 Å². The summed E-state index contributed by atoms with van der Waals surface area (Å²) in [6.45, 7) is 0. The van der Waals surface area contributed by atoms with E-state index in [-0.39, 0.29) is 11.3 Å². The van der Waals surface area contributed by atoms with Gasteiger partial charge in [0, 0.05) is 17.4 Å². The van der Waals surface area contributed by atoms with Crippen LogP contribution in [-0.4, -0.2) is 5.91 Å². The maximum atomic E-state index is 11.4. The van der Waals surface area contributed by atoms with Crippen molar-refractivity contribution in [2.75, 3.05) is 0 Å². The highest BCUT2D eigenvalue weighted by atomic mass is 16.1. The van der Waals surface area contributed by atoms with Crippen LogP contribution in [0.5, 0.6) is 0 Å². The molecule has 5 rings (SSSR count). The Bertz CT molecular complexity index is 1070. The van der Waals surface area contributed by atoms with Crippen molar-refractivity contribution < 1.29 is 4.79 Å². The average Bonchev–Trinajstić information content (AvgIpc) is 3.30. The zero-order valence-corrected chi connectivity index (χ0v) is 15.7. The molecule has 1 amide bonds. The number of nitrogens with two attached hydrogens (primary N) is 1. The molecule has 0 saturated heterocycles. The largest absolute Gasteiger partial charge is 0.366 e. The molecule has 0 fully saturated rings. The fourth-order valence-corrected chi connectivity index (χ4v) is 4.71. The van der Waals surface area contributed by atoms with Crippen molar-refractivity contribution in [2.24, 2.45) is 11.1 Å². The third-order valence-corrected chi connectivity index (χ3v) is 6.16. The van der Waals surface area contributed by atoms with Crippen LogP contribution in [0.3, 0.4) is 0 Å². The number of amides is 1. The number of rotatable bonds is 4. The molecule has 0 bridgehead atoms. The van der Waals surface area contributed by atoms with Crippen molar-refractivity contribution in [3.05, 3.63) is 118 Å². The second kappa shape index (κ2) is 6.49. The molecule has 0 aliphatic heterocycles. The Balaban J connectivity index is 1.53. The van der Waals surface area contributed by atoms with E-state index in [2.05, 4.69) is 61.0 Å². The van der Waals surface area contributed by atoms with Gasteiger partial charge < -0.3 is 5.73 Å². The zero-order valence-electron chi connectivity index (χ0n) is 15.7. The molecule has 28 heavy (non-hydrogen) atoms. The van der Waals surface area contributed by atoms with Crippen LogP contribution in [0.4, 0.5) is 0 Å². The molecule has 0 heterocycles. The molecule has 2 nitrogen and oxygen atoms in total. The second-order valence-electron chi connectivity index (χ2n) is 7.96. The smallest absolute Gasteiger partial charge is 0.248 e. The first-order valence-corrected chi connectivity index (χ1v) is 9.74. The number of benzene rings is 3. The molecule has 3 aromatic carbocycles. The maximum absolute atomic E-state index is 11.4. The molecule has 2 N–H and O–H groups in total. The molecule has 2 aliphatic rings. The first kappa shape index (κ1) is 17.0. The van der Waals surface area contributed by atoms with Gasteiger partial charge in [0.05, 0.1) is 0 Å². The summed E-state index contributed by atoms with van der Waals surface area (Å²) in [5.74, 6) is -0.380. The van der Waals surface area contributed by atoms with Crippen molar-refractivity contribution >= 4 is 12.0 Å². The molecule has 0 unspecified atom stereocenters. The zero-order chi connectivity index (χ0) is 19.1. The standard InChI is InChI=1S/C26H22NO/c27-25(28)19-11-9-18(10-12-19)15-26(16-22-7-3-4-8-23(22)17-26)24-13-20-5-1-2-6-21(20)14-24/h1-13,16H,14-15,17H2,(H2,27,28)/t26-/m0/s1. The Hall–Kier alpha value is -3.13. The number of carbonyl (C=O) groups excluding carboxylic acids is 1. The number of fused-ring (bicyclic) bond motifs is 2. The first-order valence-electron chi connectivity index (χ1n) is 9.74. The van der Waals surface area contributed by atoms with Gasteiger partial charge in [-0.1, -0.05) is 72.3 Å². The molecule has 0 spiro atoms. The number of allylic oxidation sites excluding steroid dienone is 1. The van der Waals surface area contributed by atoms with E-state index in [9.17, 15) is 4.79 Å². The number of hydrogen-bond donors (Lipinski definition) is 1. The Kier molecular flexibility index (Phi) is 3.94. The van der Waals surface area contributed by atoms with Gasteiger partial charge in [0.2, 0.25) is 5.91 Å². The topological polar surface area (TPSA) is 43.1 Å². The summed E-state index contributed by atoms with van der Waals surface area (Å²) in [6, 6.07) is 25.1. The van der Waals surface area contributed by atoms with Gasteiger partial charge in [0.1, 0.15) is 0 Å². The van der Waals surface area contributed by atoms with Crippen LogP contribution >= 0.6 is 0 Å². The Labute approximate surface area is 165 Å². The highest BCUT2D eigenvalue weighted by Crippen LogP contribution is 2.50. The van der Waals surface area contributed by atoms with Gasteiger partial charge >= 0.3 is 0 Å². The van der Waals surface area contributed by atoms with Crippen LogP contribution in [0.15, 0.2) is 78.4 Å². The van der Waals surface area contributed by atoms with E-state index in [1.165, 1.54) is 33.4 Å². The molecule has 137 valence electrons. The van der Waals surface area contributed by atoms with Gasteiger partial charge in [-0.3, -0.25) is 4.79 Å². The molecular weight excluding hydrogens is 342 g/mol. The summed E-state index contributed by atoms with van der Waals surface area (Å²) < 4.78 is 0. The van der Waals surface area contributed by atoms with Gasteiger partial charge in [-0.2, -0.15) is 0 Å². The van der Waals surface area contributed by atoms with Gasteiger partial charge in [0.25, 0.3) is 0 Å². The summed E-state index contributed by atoms with van der Waals surface area (Å²) in [5.41, 5.74) is 14.1. The van der Waals surface area contributed by atoms with E-state index in [0.717, 1.165) is 19.3 Å². The van der Waals surface area contributed by atoms with E-state index in [0.29, 0.717) is 5.56 Å². The SMILES string of the molecule is NC(=O)c1ccc(C[C@]2(C3=Cc4ccccc4C3)[CH]c3ccccc3C2)cc1. The number of carbonyl (C=O) groups is 1. The van der Waals surface area contributed by atoms with E-state index in [1.54, 1.807) is 0 Å². The van der Waals surface area contributed by atoms with Gasteiger partial charge in [-0.25, -0.2) is 0 Å². The summed E-state index contributed by atoms with van der Waals surface area (Å²) in [4.78, 5) is 11.4. The highest BCUT2D eigenvalue weighted by molar-refractivity contribution is 5.92. The van der Waals surface area contributed by atoms with Crippen LogP contribution in [0.1, 0.15) is 38.2 Å². The minimum Gasteiger partial charge on any atom is -0.366 e. The average molecular weight is 364 g/mol. The lowest BCUT2D eigenvalue weighted by Gasteiger charge is -2.31. The van der Waals surface area contributed by atoms with Crippen LogP contribution < -0.4 is 5.73 Å². The molecule has 2 aliphatic carbocycles. The van der Waals surface area contributed by atoms with Crippen LogP contribution in [0, 0.1) is 11.8 Å². The minimum absolute atomic E-state index is 0.0308. The third kappa shape index (κ3) is 2.86. The van der Waals surface area contributed by atoms with Crippen molar-refractivity contribution in [1.29, 1.82) is 0 Å². The van der Waals surface area contributed by atoms with Crippen molar-refractivity contribution in [3.8, 4) is 0 Å². The summed E-state index contributed by atoms with van der Waals surface area (Å²) in [6.07, 6.45) is 7.78. The third-order valence-electron chi connectivity index (χ3n) is 6.16. The Morgan fingerprint density at radius 3 is 2.21 bits per heavy atom. The Morgan fingerprint density at radius 1 is 0.857 bits per heavy atom. The van der Waals surface area contributed by atoms with Crippen LogP contribution in [0.2, 0.25) is 0 Å². The number of primary amides is 1. The minimum atomic E-state index is -0.380. The summed E-state index contributed by atoms with van der Waals surface area (Å²) >= 11 is 0. The van der Waals surface area contributed by atoms with Crippen LogP contribution in [-0.2, 0) is 19.3 Å². The lowest BCUT2D eigenvalue weighted by Crippen LogP contribution is -2.26. The molecule has 1 atom stereocenters.